The monoisotopic (exact) mass is 266 g/mol. The maximum atomic E-state index is 13.1. The zero-order chi connectivity index (χ0) is 14.0. The highest BCUT2D eigenvalue weighted by molar-refractivity contribution is 5.60. The molecule has 19 heavy (non-hydrogen) atoms. The van der Waals surface area contributed by atoms with Crippen molar-refractivity contribution in [1.29, 1.82) is 5.26 Å². The number of rotatable bonds is 1. The molecular weight excluding hydrogens is 260 g/mol. The molecule has 0 amide bonds. The maximum absolute atomic E-state index is 13.1. The van der Waals surface area contributed by atoms with Crippen LogP contribution in [0.3, 0.4) is 0 Å². The summed E-state index contributed by atoms with van der Waals surface area (Å²) >= 11 is 0. The third kappa shape index (κ3) is 2.71. The highest BCUT2D eigenvalue weighted by atomic mass is 19.4. The number of nitriles is 1. The first kappa shape index (κ1) is 13.0. The van der Waals surface area contributed by atoms with Gasteiger partial charge in [0.25, 0.3) is 0 Å². The second-order valence-corrected chi connectivity index (χ2v) is 3.74. The number of alkyl halides is 3. The highest BCUT2D eigenvalue weighted by Gasteiger charge is 2.34. The average Bonchev–Trinajstić information content (AvgIpc) is 2.38. The molecule has 0 unspecified atom stereocenters. The zero-order valence-electron chi connectivity index (χ0n) is 9.37. The van der Waals surface area contributed by atoms with Crippen molar-refractivity contribution < 1.29 is 17.6 Å². The van der Waals surface area contributed by atoms with Crippen LogP contribution in [0.25, 0.3) is 11.3 Å². The lowest BCUT2D eigenvalue weighted by atomic mass is 10.1. The fraction of sp³-hybridized carbons (Fsp3) is 0.0769. The van der Waals surface area contributed by atoms with Crippen molar-refractivity contribution in [3.05, 3.63) is 53.5 Å². The average molecular weight is 266 g/mol. The van der Waals surface area contributed by atoms with Crippen molar-refractivity contribution in [2.24, 2.45) is 0 Å². The Balaban J connectivity index is 2.49. The second-order valence-electron chi connectivity index (χ2n) is 3.74. The van der Waals surface area contributed by atoms with Crippen LogP contribution in [0.15, 0.2) is 36.5 Å². The van der Waals surface area contributed by atoms with E-state index in [4.69, 9.17) is 5.26 Å². The lowest BCUT2D eigenvalue weighted by Crippen LogP contribution is -2.08. The molecule has 0 spiro atoms. The fourth-order valence-electron chi connectivity index (χ4n) is 1.53. The normalized spacial score (nSPS) is 11.1. The van der Waals surface area contributed by atoms with Crippen molar-refractivity contribution in [3.63, 3.8) is 0 Å². The molecule has 0 aliphatic rings. The van der Waals surface area contributed by atoms with Gasteiger partial charge in [0.1, 0.15) is 11.9 Å². The van der Waals surface area contributed by atoms with Gasteiger partial charge in [-0.1, -0.05) is 0 Å². The molecule has 0 N–H and O–H groups in total. The second kappa shape index (κ2) is 4.69. The highest BCUT2D eigenvalue weighted by Crippen LogP contribution is 2.33. The third-order valence-corrected chi connectivity index (χ3v) is 2.46. The molecule has 2 nitrogen and oxygen atoms in total. The van der Waals surface area contributed by atoms with E-state index >= 15 is 0 Å². The zero-order valence-corrected chi connectivity index (χ0v) is 9.37. The Bertz CT molecular complexity index is 639. The summed E-state index contributed by atoms with van der Waals surface area (Å²) in [6, 6.07) is 7.34. The SMILES string of the molecule is N#Cc1ccc(-c2ccc(F)c(C(F)(F)F)c2)nc1. The molecule has 0 saturated heterocycles. The first-order chi connectivity index (χ1) is 8.91. The molecule has 2 aromatic rings. The van der Waals surface area contributed by atoms with Gasteiger partial charge in [0, 0.05) is 11.8 Å². The molecule has 1 aromatic carbocycles. The van der Waals surface area contributed by atoms with Crippen LogP contribution >= 0.6 is 0 Å². The van der Waals surface area contributed by atoms with E-state index in [1.807, 2.05) is 6.07 Å². The van der Waals surface area contributed by atoms with Gasteiger partial charge in [-0.3, -0.25) is 4.98 Å². The van der Waals surface area contributed by atoms with Crippen molar-refractivity contribution in [2.45, 2.75) is 6.18 Å². The Hall–Kier alpha value is -2.42. The van der Waals surface area contributed by atoms with Gasteiger partial charge in [0.15, 0.2) is 0 Å². The van der Waals surface area contributed by atoms with Crippen LogP contribution < -0.4 is 0 Å². The lowest BCUT2D eigenvalue weighted by molar-refractivity contribution is -0.139. The fourth-order valence-corrected chi connectivity index (χ4v) is 1.53. The number of halogens is 4. The Morgan fingerprint density at radius 2 is 1.84 bits per heavy atom. The van der Waals surface area contributed by atoms with Gasteiger partial charge >= 0.3 is 6.18 Å². The van der Waals surface area contributed by atoms with Crippen LogP contribution in [-0.4, -0.2) is 4.98 Å². The first-order valence-corrected chi connectivity index (χ1v) is 5.15. The summed E-state index contributed by atoms with van der Waals surface area (Å²) in [7, 11) is 0. The molecule has 96 valence electrons. The molecule has 0 radical (unpaired) electrons. The smallest absolute Gasteiger partial charge is 0.255 e. The van der Waals surface area contributed by atoms with Crippen LogP contribution in [0.5, 0.6) is 0 Å². The molecule has 2 rings (SSSR count). The quantitative estimate of drug-likeness (QED) is 0.736. The van der Waals surface area contributed by atoms with Crippen molar-refractivity contribution in [1.82, 2.24) is 4.98 Å². The number of nitrogens with zero attached hydrogens (tertiary/aromatic N) is 2. The van der Waals surface area contributed by atoms with E-state index in [2.05, 4.69) is 4.98 Å². The molecular formula is C13H6F4N2. The summed E-state index contributed by atoms with van der Waals surface area (Å²) in [6.07, 6.45) is -3.52. The van der Waals surface area contributed by atoms with E-state index in [0.717, 1.165) is 6.07 Å². The van der Waals surface area contributed by atoms with Crippen molar-refractivity contribution in [2.75, 3.05) is 0 Å². The Kier molecular flexibility index (Phi) is 3.21. The van der Waals surface area contributed by atoms with Crippen molar-refractivity contribution >= 4 is 0 Å². The number of hydrogen-bond donors (Lipinski definition) is 0. The summed E-state index contributed by atoms with van der Waals surface area (Å²) in [6.45, 7) is 0. The summed E-state index contributed by atoms with van der Waals surface area (Å²) < 4.78 is 50.8. The summed E-state index contributed by atoms with van der Waals surface area (Å²) in [5.41, 5.74) is -0.666. The Morgan fingerprint density at radius 1 is 1.11 bits per heavy atom. The number of hydrogen-bond acceptors (Lipinski definition) is 2. The molecule has 0 atom stereocenters. The minimum atomic E-state index is -4.76. The van der Waals surface area contributed by atoms with Crippen LogP contribution in [0.4, 0.5) is 17.6 Å². The van der Waals surface area contributed by atoms with E-state index in [0.29, 0.717) is 11.6 Å². The number of aromatic nitrogens is 1. The topological polar surface area (TPSA) is 36.7 Å². The molecule has 0 aliphatic carbocycles. The van der Waals surface area contributed by atoms with Gasteiger partial charge in [0.2, 0.25) is 0 Å². The van der Waals surface area contributed by atoms with E-state index in [1.165, 1.54) is 24.4 Å². The molecule has 1 heterocycles. The van der Waals surface area contributed by atoms with Gasteiger partial charge in [-0.2, -0.15) is 18.4 Å². The molecule has 0 saturated carbocycles. The standard InChI is InChI=1S/C13H6F4N2/c14-11-3-2-9(5-10(11)13(15,16)17)12-4-1-8(6-18)7-19-12/h1-5,7H. The van der Waals surface area contributed by atoms with Crippen LogP contribution in [-0.2, 0) is 6.18 Å². The number of benzene rings is 1. The predicted octanol–water partition coefficient (Wildman–Crippen LogP) is 3.78. The molecule has 1 aromatic heterocycles. The lowest BCUT2D eigenvalue weighted by Gasteiger charge is -2.09. The number of pyridine rings is 1. The largest absolute Gasteiger partial charge is 0.419 e. The van der Waals surface area contributed by atoms with Gasteiger partial charge in [-0.15, -0.1) is 0 Å². The van der Waals surface area contributed by atoms with Gasteiger partial charge in [-0.25, -0.2) is 4.39 Å². The molecule has 0 aliphatic heterocycles. The van der Waals surface area contributed by atoms with Gasteiger partial charge in [0.05, 0.1) is 16.8 Å². The van der Waals surface area contributed by atoms with E-state index in [9.17, 15) is 17.6 Å². The van der Waals surface area contributed by atoms with Gasteiger partial charge in [-0.05, 0) is 30.3 Å². The Morgan fingerprint density at radius 3 is 2.37 bits per heavy atom. The van der Waals surface area contributed by atoms with E-state index in [-0.39, 0.29) is 11.3 Å². The Labute approximate surface area is 105 Å². The summed E-state index contributed by atoms with van der Waals surface area (Å²) in [5.74, 6) is -1.33. The van der Waals surface area contributed by atoms with E-state index < -0.39 is 17.6 Å². The van der Waals surface area contributed by atoms with Gasteiger partial charge < -0.3 is 0 Å². The van der Waals surface area contributed by atoms with Crippen LogP contribution in [0, 0.1) is 17.1 Å². The maximum Gasteiger partial charge on any atom is 0.419 e. The predicted molar refractivity (Wildman–Crippen MR) is 59.3 cm³/mol. The van der Waals surface area contributed by atoms with Crippen LogP contribution in [0.2, 0.25) is 0 Å². The van der Waals surface area contributed by atoms with Crippen LogP contribution in [0.1, 0.15) is 11.1 Å². The minimum Gasteiger partial charge on any atom is -0.255 e. The molecule has 6 heteroatoms. The molecule has 0 bridgehead atoms. The van der Waals surface area contributed by atoms with E-state index in [1.54, 1.807) is 0 Å². The summed E-state index contributed by atoms with van der Waals surface area (Å²) in [5, 5.41) is 8.60. The third-order valence-electron chi connectivity index (χ3n) is 2.46. The summed E-state index contributed by atoms with van der Waals surface area (Å²) in [4.78, 5) is 3.86. The minimum absolute atomic E-state index is 0.137. The molecule has 0 fully saturated rings. The first-order valence-electron chi connectivity index (χ1n) is 5.15. The van der Waals surface area contributed by atoms with Crippen molar-refractivity contribution in [3.8, 4) is 17.3 Å².